The molecule has 0 bridgehead atoms. The Labute approximate surface area is 206 Å². The van der Waals surface area contributed by atoms with Crippen LogP contribution in [0.5, 0.6) is 5.75 Å². The summed E-state index contributed by atoms with van der Waals surface area (Å²) in [5.74, 6) is 1.46. The summed E-state index contributed by atoms with van der Waals surface area (Å²) in [6, 6.07) is 14.6. The fourth-order valence-corrected chi connectivity index (χ4v) is 4.83. The number of hydrogen-bond donors (Lipinski definition) is 1. The Kier molecular flexibility index (Phi) is 6.59. The van der Waals surface area contributed by atoms with Gasteiger partial charge in [0.2, 0.25) is 0 Å². The third-order valence-electron chi connectivity index (χ3n) is 6.70. The molecule has 1 N–H and O–H groups in total. The van der Waals surface area contributed by atoms with Gasteiger partial charge in [-0.05, 0) is 60.4 Å². The molecule has 1 aromatic heterocycles. The Morgan fingerprint density at radius 2 is 1.97 bits per heavy atom. The van der Waals surface area contributed by atoms with Crippen molar-refractivity contribution in [3.05, 3.63) is 70.9 Å². The number of benzene rings is 2. The number of morpholine rings is 1. The summed E-state index contributed by atoms with van der Waals surface area (Å²) in [6.45, 7) is 10.0. The first-order chi connectivity index (χ1) is 17.0. The van der Waals surface area contributed by atoms with Crippen LogP contribution in [0.25, 0.3) is 11.1 Å². The fourth-order valence-electron chi connectivity index (χ4n) is 4.83. The van der Waals surface area contributed by atoms with Crippen LogP contribution >= 0.6 is 0 Å². The third-order valence-corrected chi connectivity index (χ3v) is 6.70. The van der Waals surface area contributed by atoms with Crippen LogP contribution in [0.15, 0.2) is 48.7 Å². The summed E-state index contributed by atoms with van der Waals surface area (Å²) >= 11 is 0. The van der Waals surface area contributed by atoms with Crippen molar-refractivity contribution in [2.45, 2.75) is 33.4 Å². The highest BCUT2D eigenvalue weighted by molar-refractivity contribution is 5.72. The normalized spacial score (nSPS) is 17.0. The largest absolute Gasteiger partial charge is 0.489 e. The van der Waals surface area contributed by atoms with E-state index in [1.165, 1.54) is 29.2 Å². The molecular weight excluding hydrogens is 442 g/mol. The molecule has 0 unspecified atom stereocenters. The smallest absolute Gasteiger partial charge is 0.303 e. The summed E-state index contributed by atoms with van der Waals surface area (Å²) in [4.78, 5) is 18.3. The molecule has 3 heterocycles. The molecule has 7 nitrogen and oxygen atoms in total. The van der Waals surface area contributed by atoms with E-state index in [0.29, 0.717) is 13.2 Å². The lowest BCUT2D eigenvalue weighted by Gasteiger charge is -2.27. The molecular formula is C28H31N3O4. The lowest BCUT2D eigenvalue weighted by atomic mass is 9.93. The number of ether oxygens (including phenoxy) is 3. The Balaban J connectivity index is 1.31. The van der Waals surface area contributed by atoms with Gasteiger partial charge in [0, 0.05) is 55.6 Å². The van der Waals surface area contributed by atoms with E-state index >= 15 is 0 Å². The number of fused-ring (bicyclic) bond motifs is 1. The summed E-state index contributed by atoms with van der Waals surface area (Å²) in [5, 5.41) is 3.52. The second-order valence-corrected chi connectivity index (χ2v) is 9.06. The number of nitrogens with one attached hydrogen (secondary N) is 1. The van der Waals surface area contributed by atoms with Gasteiger partial charge in [-0.15, -0.1) is 0 Å². The minimum absolute atomic E-state index is 0.301. The van der Waals surface area contributed by atoms with Gasteiger partial charge >= 0.3 is 5.97 Å². The summed E-state index contributed by atoms with van der Waals surface area (Å²) < 4.78 is 16.5. The molecule has 0 radical (unpaired) electrons. The first-order valence-electron chi connectivity index (χ1n) is 12.1. The number of aryl methyl sites for hydroxylation is 1. The molecule has 0 spiro atoms. The van der Waals surface area contributed by atoms with Crippen molar-refractivity contribution in [3.63, 3.8) is 0 Å². The standard InChI is InChI=1S/C28H31N3O4/c1-18-4-5-21(15-29-23-7-8-24-25(14-23)34-17-26(24)35-20(3)32)19(2)28(18)22-6-9-27(30-16-22)31-10-12-33-13-11-31/h4-9,14,16,26,29H,10-13,15,17H2,1-3H3/t26-/m1/s1. The number of carbonyl (C=O) groups is 1. The number of aromatic nitrogens is 1. The lowest BCUT2D eigenvalue weighted by molar-refractivity contribution is -0.147. The number of pyridine rings is 1. The van der Waals surface area contributed by atoms with Crippen molar-refractivity contribution in [2.24, 2.45) is 0 Å². The zero-order valence-corrected chi connectivity index (χ0v) is 20.5. The predicted molar refractivity (Wildman–Crippen MR) is 136 cm³/mol. The van der Waals surface area contributed by atoms with Gasteiger partial charge in [0.05, 0.1) is 13.2 Å². The van der Waals surface area contributed by atoms with E-state index in [0.717, 1.165) is 54.7 Å². The second kappa shape index (κ2) is 9.96. The van der Waals surface area contributed by atoms with E-state index in [1.807, 2.05) is 24.4 Å². The zero-order chi connectivity index (χ0) is 24.4. The molecule has 7 heteroatoms. The van der Waals surface area contributed by atoms with Crippen molar-refractivity contribution in [2.75, 3.05) is 43.1 Å². The van der Waals surface area contributed by atoms with Crippen LogP contribution in [0.2, 0.25) is 0 Å². The molecule has 0 aliphatic carbocycles. The summed E-state index contributed by atoms with van der Waals surface area (Å²) in [7, 11) is 0. The topological polar surface area (TPSA) is 72.9 Å². The summed E-state index contributed by atoms with van der Waals surface area (Å²) in [6.07, 6.45) is 1.65. The third kappa shape index (κ3) is 4.95. The zero-order valence-electron chi connectivity index (χ0n) is 20.5. The van der Waals surface area contributed by atoms with E-state index in [2.05, 4.69) is 48.3 Å². The van der Waals surface area contributed by atoms with Gasteiger partial charge in [-0.2, -0.15) is 0 Å². The average molecular weight is 474 g/mol. The Hall–Kier alpha value is -3.58. The molecule has 0 amide bonds. The van der Waals surface area contributed by atoms with Crippen molar-refractivity contribution in [1.82, 2.24) is 4.98 Å². The molecule has 35 heavy (non-hydrogen) atoms. The number of nitrogens with zero attached hydrogens (tertiary/aromatic N) is 2. The van der Waals surface area contributed by atoms with Crippen LogP contribution in [0.1, 0.15) is 35.3 Å². The minimum atomic E-state index is -0.332. The van der Waals surface area contributed by atoms with Crippen LogP contribution in [0.3, 0.4) is 0 Å². The van der Waals surface area contributed by atoms with Crippen molar-refractivity contribution >= 4 is 17.5 Å². The predicted octanol–water partition coefficient (Wildman–Crippen LogP) is 4.81. The van der Waals surface area contributed by atoms with Gasteiger partial charge in [0.15, 0.2) is 6.10 Å². The quantitative estimate of drug-likeness (QED) is 0.515. The van der Waals surface area contributed by atoms with Crippen molar-refractivity contribution in [1.29, 1.82) is 0 Å². The fraction of sp³-hybridized carbons (Fsp3) is 0.357. The molecule has 3 aromatic rings. The Bertz CT molecular complexity index is 1220. The van der Waals surface area contributed by atoms with Crippen LogP contribution < -0.4 is 15.0 Å². The monoisotopic (exact) mass is 473 g/mol. The van der Waals surface area contributed by atoms with E-state index in [4.69, 9.17) is 19.2 Å². The van der Waals surface area contributed by atoms with Crippen LogP contribution in [0.4, 0.5) is 11.5 Å². The molecule has 0 saturated carbocycles. The molecule has 2 aliphatic heterocycles. The number of anilines is 2. The number of carbonyl (C=O) groups excluding carboxylic acids is 1. The van der Waals surface area contributed by atoms with Gasteiger partial charge in [-0.25, -0.2) is 4.98 Å². The summed E-state index contributed by atoms with van der Waals surface area (Å²) in [5.41, 5.74) is 7.92. The Morgan fingerprint density at radius 3 is 2.71 bits per heavy atom. The van der Waals surface area contributed by atoms with Crippen LogP contribution in [0, 0.1) is 13.8 Å². The molecule has 2 aromatic carbocycles. The SMILES string of the molecule is CC(=O)O[C@@H]1COc2cc(NCc3ccc(C)c(-c4ccc(N5CCOCC5)nc4)c3C)ccc21. The Morgan fingerprint density at radius 1 is 1.14 bits per heavy atom. The lowest BCUT2D eigenvalue weighted by Crippen LogP contribution is -2.36. The van der Waals surface area contributed by atoms with Crippen molar-refractivity contribution < 1.29 is 19.0 Å². The minimum Gasteiger partial charge on any atom is -0.489 e. The second-order valence-electron chi connectivity index (χ2n) is 9.06. The van der Waals surface area contributed by atoms with Crippen LogP contribution in [-0.2, 0) is 20.8 Å². The molecule has 5 rings (SSSR count). The molecule has 1 fully saturated rings. The highest BCUT2D eigenvalue weighted by Crippen LogP contribution is 2.37. The molecule has 2 aliphatic rings. The average Bonchev–Trinajstić information content (AvgIpc) is 3.26. The maximum atomic E-state index is 11.3. The maximum Gasteiger partial charge on any atom is 0.303 e. The van der Waals surface area contributed by atoms with Crippen molar-refractivity contribution in [3.8, 4) is 16.9 Å². The molecule has 1 atom stereocenters. The molecule has 1 saturated heterocycles. The van der Waals surface area contributed by atoms with Gasteiger partial charge in [-0.3, -0.25) is 4.79 Å². The van der Waals surface area contributed by atoms with Gasteiger partial charge < -0.3 is 24.4 Å². The number of rotatable bonds is 6. The number of esters is 1. The van der Waals surface area contributed by atoms with Gasteiger partial charge in [-0.1, -0.05) is 12.1 Å². The van der Waals surface area contributed by atoms with Crippen LogP contribution in [-0.4, -0.2) is 43.9 Å². The molecule has 182 valence electrons. The van der Waals surface area contributed by atoms with Gasteiger partial charge in [0.25, 0.3) is 0 Å². The highest BCUT2D eigenvalue weighted by atomic mass is 16.6. The van der Waals surface area contributed by atoms with E-state index in [9.17, 15) is 4.79 Å². The van der Waals surface area contributed by atoms with E-state index < -0.39 is 0 Å². The van der Waals surface area contributed by atoms with E-state index in [-0.39, 0.29) is 12.1 Å². The first-order valence-corrected chi connectivity index (χ1v) is 12.1. The van der Waals surface area contributed by atoms with Gasteiger partial charge in [0.1, 0.15) is 18.2 Å². The highest BCUT2D eigenvalue weighted by Gasteiger charge is 2.26. The first kappa shape index (κ1) is 23.2. The number of hydrogen-bond acceptors (Lipinski definition) is 7. The van der Waals surface area contributed by atoms with E-state index in [1.54, 1.807) is 0 Å². The maximum absolute atomic E-state index is 11.3.